The van der Waals surface area contributed by atoms with Gasteiger partial charge in [-0.25, -0.2) is 0 Å². The molecule has 1 aromatic heterocycles. The third kappa shape index (κ3) is 2.54. The van der Waals surface area contributed by atoms with Gasteiger partial charge in [0.2, 0.25) is 0 Å². The summed E-state index contributed by atoms with van der Waals surface area (Å²) in [6, 6.07) is 7.20. The monoisotopic (exact) mass is 246 g/mol. The Kier molecular flexibility index (Phi) is 3.67. The molecule has 0 aliphatic rings. The van der Waals surface area contributed by atoms with E-state index >= 15 is 0 Å². The predicted octanol–water partition coefficient (Wildman–Crippen LogP) is 2.15. The van der Waals surface area contributed by atoms with E-state index in [1.54, 1.807) is 18.4 Å². The maximum atomic E-state index is 12.1. The third-order valence-corrected chi connectivity index (χ3v) is 3.10. The van der Waals surface area contributed by atoms with Crippen LogP contribution in [0.15, 0.2) is 34.9 Å². The van der Waals surface area contributed by atoms with Crippen LogP contribution in [0.3, 0.4) is 0 Å². The van der Waals surface area contributed by atoms with E-state index in [-0.39, 0.29) is 11.9 Å². The van der Waals surface area contributed by atoms with E-state index < -0.39 is 0 Å². The van der Waals surface area contributed by atoms with Gasteiger partial charge in [0.05, 0.1) is 11.8 Å². The topological polar surface area (TPSA) is 68.3 Å². The zero-order chi connectivity index (χ0) is 13.1. The summed E-state index contributed by atoms with van der Waals surface area (Å²) in [5.41, 5.74) is 7.24. The minimum Gasteiger partial charge on any atom is -0.464 e. The Morgan fingerprint density at radius 1 is 1.39 bits per heavy atom. The Labute approximate surface area is 106 Å². The fourth-order valence-electron chi connectivity index (χ4n) is 1.73. The summed E-state index contributed by atoms with van der Waals surface area (Å²) < 4.78 is 5.27. The fraction of sp³-hybridized carbons (Fsp3) is 0.357. The SMILES string of the molecule is CC(C)[C@@H](N)CNC(=O)c1cccc2occc12. The number of nitrogens with two attached hydrogens (primary N) is 1. The highest BCUT2D eigenvalue weighted by Crippen LogP contribution is 2.19. The summed E-state index contributed by atoms with van der Waals surface area (Å²) in [5.74, 6) is 0.230. The van der Waals surface area contributed by atoms with E-state index in [1.807, 2.05) is 26.0 Å². The van der Waals surface area contributed by atoms with E-state index in [1.165, 1.54) is 0 Å². The molecule has 3 N–H and O–H groups in total. The van der Waals surface area contributed by atoms with Crippen molar-refractivity contribution in [2.75, 3.05) is 6.54 Å². The molecule has 0 radical (unpaired) electrons. The molecule has 1 atom stereocenters. The number of fused-ring (bicyclic) bond motifs is 1. The van der Waals surface area contributed by atoms with Gasteiger partial charge in [-0.15, -0.1) is 0 Å². The number of nitrogens with one attached hydrogen (secondary N) is 1. The first kappa shape index (κ1) is 12.6. The highest BCUT2D eigenvalue weighted by molar-refractivity contribution is 6.05. The largest absolute Gasteiger partial charge is 0.464 e. The van der Waals surface area contributed by atoms with E-state index in [0.29, 0.717) is 18.0 Å². The predicted molar refractivity (Wildman–Crippen MR) is 71.4 cm³/mol. The van der Waals surface area contributed by atoms with Gasteiger partial charge in [0.25, 0.3) is 5.91 Å². The molecule has 0 aliphatic carbocycles. The van der Waals surface area contributed by atoms with Gasteiger partial charge in [0.1, 0.15) is 5.58 Å². The normalized spacial score (nSPS) is 12.9. The molecule has 0 fully saturated rings. The van der Waals surface area contributed by atoms with Crippen LogP contribution in [0, 0.1) is 5.92 Å². The Morgan fingerprint density at radius 2 is 2.17 bits per heavy atom. The van der Waals surface area contributed by atoms with Gasteiger partial charge in [0.15, 0.2) is 0 Å². The Balaban J connectivity index is 2.12. The molecule has 0 bridgehead atoms. The van der Waals surface area contributed by atoms with Gasteiger partial charge in [-0.1, -0.05) is 19.9 Å². The van der Waals surface area contributed by atoms with Gasteiger partial charge in [0, 0.05) is 18.0 Å². The lowest BCUT2D eigenvalue weighted by Crippen LogP contribution is -2.40. The lowest BCUT2D eigenvalue weighted by molar-refractivity contribution is 0.0951. The van der Waals surface area contributed by atoms with E-state index in [0.717, 1.165) is 11.0 Å². The van der Waals surface area contributed by atoms with Gasteiger partial charge >= 0.3 is 0 Å². The Bertz CT molecular complexity index is 545. The van der Waals surface area contributed by atoms with Crippen molar-refractivity contribution >= 4 is 16.9 Å². The molecule has 2 aromatic rings. The average molecular weight is 246 g/mol. The molecule has 4 heteroatoms. The first-order chi connectivity index (χ1) is 8.59. The molecule has 0 saturated carbocycles. The number of benzene rings is 1. The van der Waals surface area contributed by atoms with Crippen LogP contribution in [0.5, 0.6) is 0 Å². The molecule has 96 valence electrons. The first-order valence-corrected chi connectivity index (χ1v) is 6.09. The van der Waals surface area contributed by atoms with Gasteiger partial charge in [-0.05, 0) is 24.1 Å². The molecule has 0 unspecified atom stereocenters. The summed E-state index contributed by atoms with van der Waals surface area (Å²) in [4.78, 5) is 12.1. The standard InChI is InChI=1S/C14H18N2O2/c1-9(2)12(15)8-16-14(17)11-4-3-5-13-10(11)6-7-18-13/h3-7,9,12H,8,15H2,1-2H3,(H,16,17)/t12-/m0/s1. The lowest BCUT2D eigenvalue weighted by atomic mass is 10.1. The molecular weight excluding hydrogens is 228 g/mol. The van der Waals surface area contributed by atoms with E-state index in [4.69, 9.17) is 10.2 Å². The van der Waals surface area contributed by atoms with Crippen molar-refractivity contribution in [1.29, 1.82) is 0 Å². The maximum Gasteiger partial charge on any atom is 0.252 e. The van der Waals surface area contributed by atoms with Crippen LogP contribution in [0.1, 0.15) is 24.2 Å². The highest BCUT2D eigenvalue weighted by atomic mass is 16.3. The zero-order valence-corrected chi connectivity index (χ0v) is 10.6. The minimum atomic E-state index is -0.113. The van der Waals surface area contributed by atoms with Crippen LogP contribution < -0.4 is 11.1 Å². The lowest BCUT2D eigenvalue weighted by Gasteiger charge is -2.16. The van der Waals surface area contributed by atoms with Crippen molar-refractivity contribution in [3.63, 3.8) is 0 Å². The molecule has 0 aliphatic heterocycles. The molecular formula is C14H18N2O2. The third-order valence-electron chi connectivity index (χ3n) is 3.10. The second-order valence-corrected chi connectivity index (χ2v) is 4.76. The van der Waals surface area contributed by atoms with Crippen LogP contribution in [0.4, 0.5) is 0 Å². The number of amides is 1. The number of furan rings is 1. The van der Waals surface area contributed by atoms with Crippen molar-refractivity contribution in [3.05, 3.63) is 36.1 Å². The molecule has 1 amide bonds. The summed E-state index contributed by atoms with van der Waals surface area (Å²) in [6.07, 6.45) is 1.58. The quantitative estimate of drug-likeness (QED) is 0.868. The van der Waals surface area contributed by atoms with Crippen molar-refractivity contribution in [2.45, 2.75) is 19.9 Å². The van der Waals surface area contributed by atoms with E-state index in [9.17, 15) is 4.79 Å². The summed E-state index contributed by atoms with van der Waals surface area (Å²) in [6.45, 7) is 4.55. The van der Waals surface area contributed by atoms with Crippen LogP contribution in [0.25, 0.3) is 11.0 Å². The van der Waals surface area contributed by atoms with Crippen LogP contribution in [-0.2, 0) is 0 Å². The second kappa shape index (κ2) is 5.23. The van der Waals surface area contributed by atoms with Crippen LogP contribution in [-0.4, -0.2) is 18.5 Å². The van der Waals surface area contributed by atoms with Crippen molar-refractivity contribution < 1.29 is 9.21 Å². The summed E-state index contributed by atoms with van der Waals surface area (Å²) >= 11 is 0. The van der Waals surface area contributed by atoms with Crippen molar-refractivity contribution in [2.24, 2.45) is 11.7 Å². The van der Waals surface area contributed by atoms with Gasteiger partial charge in [-0.2, -0.15) is 0 Å². The average Bonchev–Trinajstić information content (AvgIpc) is 2.83. The van der Waals surface area contributed by atoms with Crippen molar-refractivity contribution in [3.8, 4) is 0 Å². The zero-order valence-electron chi connectivity index (χ0n) is 10.6. The fourth-order valence-corrected chi connectivity index (χ4v) is 1.73. The molecule has 1 heterocycles. The van der Waals surface area contributed by atoms with Gasteiger partial charge in [-0.3, -0.25) is 4.79 Å². The smallest absolute Gasteiger partial charge is 0.252 e. The summed E-state index contributed by atoms with van der Waals surface area (Å²) in [7, 11) is 0. The van der Waals surface area contributed by atoms with E-state index in [2.05, 4.69) is 5.32 Å². The highest BCUT2D eigenvalue weighted by Gasteiger charge is 2.13. The molecule has 1 aromatic carbocycles. The minimum absolute atomic E-state index is 0.0301. The number of hydrogen-bond donors (Lipinski definition) is 2. The number of carbonyl (C=O) groups excluding carboxylic acids is 1. The number of hydrogen-bond acceptors (Lipinski definition) is 3. The molecule has 0 spiro atoms. The first-order valence-electron chi connectivity index (χ1n) is 6.09. The molecule has 4 nitrogen and oxygen atoms in total. The number of rotatable bonds is 4. The Morgan fingerprint density at radius 3 is 2.89 bits per heavy atom. The maximum absolute atomic E-state index is 12.1. The summed E-state index contributed by atoms with van der Waals surface area (Å²) in [5, 5.41) is 3.68. The van der Waals surface area contributed by atoms with Crippen LogP contribution in [0.2, 0.25) is 0 Å². The van der Waals surface area contributed by atoms with Crippen LogP contribution >= 0.6 is 0 Å². The number of carbonyl (C=O) groups is 1. The van der Waals surface area contributed by atoms with Crippen molar-refractivity contribution in [1.82, 2.24) is 5.32 Å². The Hall–Kier alpha value is -1.81. The second-order valence-electron chi connectivity index (χ2n) is 4.76. The molecule has 18 heavy (non-hydrogen) atoms. The van der Waals surface area contributed by atoms with Gasteiger partial charge < -0.3 is 15.5 Å². The molecule has 2 rings (SSSR count). The molecule has 0 saturated heterocycles.